The molecule has 0 spiro atoms. The van der Waals surface area contributed by atoms with Gasteiger partial charge in [-0.2, -0.15) is 4.98 Å². The summed E-state index contributed by atoms with van der Waals surface area (Å²) in [6.07, 6.45) is 1.34. The molecule has 6 nitrogen and oxygen atoms in total. The van der Waals surface area contributed by atoms with Crippen LogP contribution in [0.3, 0.4) is 0 Å². The number of hydrogen-bond donors (Lipinski definition) is 0. The summed E-state index contributed by atoms with van der Waals surface area (Å²) in [4.78, 5) is 19.0. The van der Waals surface area contributed by atoms with Crippen LogP contribution in [-0.2, 0) is 4.79 Å². The van der Waals surface area contributed by atoms with Gasteiger partial charge in [-0.25, -0.2) is 0 Å². The number of amides is 1. The average Bonchev–Trinajstić information content (AvgIpc) is 3.34. The smallest absolute Gasteiger partial charge is 0.232 e. The molecule has 0 radical (unpaired) electrons. The maximum Gasteiger partial charge on any atom is 0.232 e. The van der Waals surface area contributed by atoms with Crippen LogP contribution in [0.5, 0.6) is 5.75 Å². The number of aryl methyl sites for hydroxylation is 2. The normalized spacial score (nSPS) is 16.4. The van der Waals surface area contributed by atoms with Crippen LogP contribution in [-0.4, -0.2) is 29.2 Å². The highest BCUT2D eigenvalue weighted by atomic mass is 16.5. The largest absolute Gasteiger partial charge is 0.494 e. The number of carbonyl (C=O) groups is 1. The van der Waals surface area contributed by atoms with Gasteiger partial charge in [0.25, 0.3) is 0 Å². The van der Waals surface area contributed by atoms with Gasteiger partial charge in [0.1, 0.15) is 5.75 Å². The van der Waals surface area contributed by atoms with E-state index in [1.807, 2.05) is 55.1 Å². The van der Waals surface area contributed by atoms with Crippen LogP contribution in [0, 0.1) is 13.8 Å². The topological polar surface area (TPSA) is 68.5 Å². The molecule has 0 saturated carbocycles. The van der Waals surface area contributed by atoms with Gasteiger partial charge in [-0.05, 0) is 56.2 Å². The second-order valence-corrected chi connectivity index (χ2v) is 7.52. The van der Waals surface area contributed by atoms with Crippen LogP contribution in [0.25, 0.3) is 11.4 Å². The van der Waals surface area contributed by atoms with Gasteiger partial charge in [0.2, 0.25) is 17.6 Å². The van der Waals surface area contributed by atoms with E-state index in [4.69, 9.17) is 9.26 Å². The third kappa shape index (κ3) is 4.01. The van der Waals surface area contributed by atoms with Gasteiger partial charge in [0.15, 0.2) is 0 Å². The molecule has 1 amide bonds. The van der Waals surface area contributed by atoms with E-state index in [2.05, 4.69) is 23.1 Å². The van der Waals surface area contributed by atoms with Crippen LogP contribution in [0.15, 0.2) is 47.0 Å². The highest BCUT2D eigenvalue weighted by Crippen LogP contribution is 2.33. The molecule has 1 aromatic heterocycles. The molecular formula is C23H25N3O3. The Labute approximate surface area is 170 Å². The van der Waals surface area contributed by atoms with Crippen LogP contribution < -0.4 is 9.64 Å². The summed E-state index contributed by atoms with van der Waals surface area (Å²) in [6.45, 7) is 7.40. The van der Waals surface area contributed by atoms with Crippen LogP contribution in [0.2, 0.25) is 0 Å². The third-order valence-electron chi connectivity index (χ3n) is 5.14. The van der Waals surface area contributed by atoms with Gasteiger partial charge in [0.05, 0.1) is 12.5 Å². The standard InChI is InChI=1S/C23H25N3O3/c1-4-11-28-19-8-6-17(7-9-19)22-24-23(29-25-22)18-13-21(27)26(14-18)20-10-5-15(2)12-16(20)3/h5-10,12,18H,4,11,13-14H2,1-3H3. The molecule has 2 aromatic carbocycles. The van der Waals surface area contributed by atoms with Crippen molar-refractivity contribution in [2.24, 2.45) is 0 Å². The summed E-state index contributed by atoms with van der Waals surface area (Å²) in [6, 6.07) is 13.8. The highest BCUT2D eigenvalue weighted by molar-refractivity contribution is 5.97. The summed E-state index contributed by atoms with van der Waals surface area (Å²) in [5, 5.41) is 4.12. The number of benzene rings is 2. The van der Waals surface area contributed by atoms with Crippen molar-refractivity contribution in [3.8, 4) is 17.1 Å². The van der Waals surface area contributed by atoms with E-state index in [9.17, 15) is 4.79 Å². The molecule has 2 heterocycles. The molecule has 3 aromatic rings. The summed E-state index contributed by atoms with van der Waals surface area (Å²) in [7, 11) is 0. The number of hydrogen-bond acceptors (Lipinski definition) is 5. The summed E-state index contributed by atoms with van der Waals surface area (Å²) in [5.74, 6) is 1.84. The zero-order valence-electron chi connectivity index (χ0n) is 17.0. The van der Waals surface area contributed by atoms with Crippen molar-refractivity contribution < 1.29 is 14.1 Å². The van der Waals surface area contributed by atoms with Crippen molar-refractivity contribution in [3.63, 3.8) is 0 Å². The molecule has 4 rings (SSSR count). The van der Waals surface area contributed by atoms with E-state index in [0.717, 1.165) is 29.0 Å². The first-order chi connectivity index (χ1) is 14.0. The minimum absolute atomic E-state index is 0.0825. The minimum Gasteiger partial charge on any atom is -0.494 e. The van der Waals surface area contributed by atoms with E-state index < -0.39 is 0 Å². The van der Waals surface area contributed by atoms with E-state index in [0.29, 0.717) is 31.3 Å². The molecule has 1 fully saturated rings. The molecular weight excluding hydrogens is 366 g/mol. The quantitative estimate of drug-likeness (QED) is 0.611. The Morgan fingerprint density at radius 2 is 1.97 bits per heavy atom. The summed E-state index contributed by atoms with van der Waals surface area (Å²) in [5.41, 5.74) is 4.09. The Balaban J connectivity index is 1.49. The SMILES string of the molecule is CCCOc1ccc(-c2noc(C3CC(=O)N(c4ccc(C)cc4C)C3)n2)cc1. The molecule has 1 aliphatic heterocycles. The van der Waals surface area contributed by atoms with Gasteiger partial charge >= 0.3 is 0 Å². The lowest BCUT2D eigenvalue weighted by Crippen LogP contribution is -2.25. The van der Waals surface area contributed by atoms with Gasteiger partial charge < -0.3 is 14.2 Å². The minimum atomic E-state index is -0.100. The fourth-order valence-corrected chi connectivity index (χ4v) is 3.65. The third-order valence-corrected chi connectivity index (χ3v) is 5.14. The molecule has 1 unspecified atom stereocenters. The molecule has 6 heteroatoms. The Kier molecular flexibility index (Phi) is 5.34. The molecule has 150 valence electrons. The Bertz CT molecular complexity index is 1010. The number of anilines is 1. The first-order valence-electron chi connectivity index (χ1n) is 9.99. The predicted molar refractivity (Wildman–Crippen MR) is 111 cm³/mol. The van der Waals surface area contributed by atoms with Gasteiger partial charge in [-0.15, -0.1) is 0 Å². The maximum atomic E-state index is 12.6. The van der Waals surface area contributed by atoms with Crippen molar-refractivity contribution in [2.45, 2.75) is 39.5 Å². The summed E-state index contributed by atoms with van der Waals surface area (Å²) < 4.78 is 11.1. The van der Waals surface area contributed by atoms with Crippen LogP contribution in [0.4, 0.5) is 5.69 Å². The zero-order valence-corrected chi connectivity index (χ0v) is 17.0. The monoisotopic (exact) mass is 391 g/mol. The number of aromatic nitrogens is 2. The van der Waals surface area contributed by atoms with E-state index in [1.54, 1.807) is 0 Å². The Morgan fingerprint density at radius 1 is 1.17 bits per heavy atom. The van der Waals surface area contributed by atoms with Gasteiger partial charge in [-0.3, -0.25) is 4.79 Å². The molecule has 1 atom stereocenters. The van der Waals surface area contributed by atoms with Crippen LogP contribution >= 0.6 is 0 Å². The number of nitrogens with zero attached hydrogens (tertiary/aromatic N) is 3. The van der Waals surface area contributed by atoms with Gasteiger partial charge in [-0.1, -0.05) is 29.8 Å². The molecule has 0 bridgehead atoms. The second-order valence-electron chi connectivity index (χ2n) is 7.52. The number of ether oxygens (including phenoxy) is 1. The Morgan fingerprint density at radius 3 is 2.69 bits per heavy atom. The van der Waals surface area contributed by atoms with Crippen molar-refractivity contribution in [3.05, 3.63) is 59.5 Å². The Hall–Kier alpha value is -3.15. The van der Waals surface area contributed by atoms with Gasteiger partial charge in [0, 0.05) is 24.2 Å². The van der Waals surface area contributed by atoms with E-state index in [-0.39, 0.29) is 11.8 Å². The number of carbonyl (C=O) groups excluding carboxylic acids is 1. The maximum absolute atomic E-state index is 12.6. The van der Waals surface area contributed by atoms with Crippen molar-refractivity contribution in [1.29, 1.82) is 0 Å². The lowest BCUT2D eigenvalue weighted by Gasteiger charge is -2.19. The zero-order chi connectivity index (χ0) is 20.4. The van der Waals surface area contributed by atoms with Crippen molar-refractivity contribution in [1.82, 2.24) is 10.1 Å². The first kappa shape index (κ1) is 19.2. The van der Waals surface area contributed by atoms with Crippen molar-refractivity contribution >= 4 is 11.6 Å². The molecule has 29 heavy (non-hydrogen) atoms. The fraction of sp³-hybridized carbons (Fsp3) is 0.348. The highest BCUT2D eigenvalue weighted by Gasteiger charge is 2.35. The number of rotatable bonds is 6. The molecule has 1 aliphatic rings. The predicted octanol–water partition coefficient (Wildman–Crippen LogP) is 4.66. The molecule has 0 N–H and O–H groups in total. The second kappa shape index (κ2) is 8.07. The molecule has 1 saturated heterocycles. The lowest BCUT2D eigenvalue weighted by molar-refractivity contribution is -0.117. The fourth-order valence-electron chi connectivity index (χ4n) is 3.65. The first-order valence-corrected chi connectivity index (χ1v) is 9.99. The van der Waals surface area contributed by atoms with E-state index >= 15 is 0 Å². The van der Waals surface area contributed by atoms with Crippen LogP contribution in [0.1, 0.15) is 42.7 Å². The lowest BCUT2D eigenvalue weighted by atomic mass is 10.1. The van der Waals surface area contributed by atoms with E-state index in [1.165, 1.54) is 5.56 Å². The average molecular weight is 391 g/mol. The molecule has 0 aliphatic carbocycles. The summed E-state index contributed by atoms with van der Waals surface area (Å²) >= 11 is 0. The van der Waals surface area contributed by atoms with Crippen molar-refractivity contribution in [2.75, 3.05) is 18.1 Å².